The van der Waals surface area contributed by atoms with Crippen LogP contribution in [0.15, 0.2) is 30.3 Å². The van der Waals surface area contributed by atoms with Crippen LogP contribution in [0.5, 0.6) is 0 Å². The maximum absolute atomic E-state index is 12.2. The van der Waals surface area contributed by atoms with Crippen molar-refractivity contribution in [2.45, 2.75) is 51.0 Å². The summed E-state index contributed by atoms with van der Waals surface area (Å²) < 4.78 is 27.2. The molecule has 0 spiro atoms. The number of aliphatic hydroxyl groups is 1. The van der Waals surface area contributed by atoms with Crippen molar-refractivity contribution >= 4 is 10.0 Å². The van der Waals surface area contributed by atoms with Crippen LogP contribution in [0.2, 0.25) is 0 Å². The molecular weight excluding hydrogens is 298 g/mol. The Balaban J connectivity index is 1.95. The van der Waals surface area contributed by atoms with Gasteiger partial charge in [-0.05, 0) is 43.6 Å². The molecule has 1 aromatic rings. The molecule has 0 bridgehead atoms. The SMILES string of the molecule is CC(O)CC(CNS(=O)(=O)CC1CCCC1)c1ccccc1. The number of hydrogen-bond acceptors (Lipinski definition) is 3. The van der Waals surface area contributed by atoms with Gasteiger partial charge in [0.1, 0.15) is 0 Å². The zero-order valence-electron chi connectivity index (χ0n) is 13.2. The van der Waals surface area contributed by atoms with Crippen LogP contribution in [-0.4, -0.2) is 31.9 Å². The van der Waals surface area contributed by atoms with Gasteiger partial charge in [-0.2, -0.15) is 0 Å². The summed E-state index contributed by atoms with van der Waals surface area (Å²) in [5, 5.41) is 9.67. The van der Waals surface area contributed by atoms with E-state index in [9.17, 15) is 13.5 Å². The Hall–Kier alpha value is -0.910. The van der Waals surface area contributed by atoms with Gasteiger partial charge >= 0.3 is 0 Å². The Labute approximate surface area is 134 Å². The van der Waals surface area contributed by atoms with Crippen LogP contribution in [0, 0.1) is 5.92 Å². The van der Waals surface area contributed by atoms with Crippen molar-refractivity contribution in [1.29, 1.82) is 0 Å². The van der Waals surface area contributed by atoms with E-state index < -0.39 is 16.1 Å². The lowest BCUT2D eigenvalue weighted by molar-refractivity contribution is 0.174. The van der Waals surface area contributed by atoms with Gasteiger partial charge < -0.3 is 5.11 Å². The van der Waals surface area contributed by atoms with Crippen molar-refractivity contribution in [2.24, 2.45) is 5.92 Å². The van der Waals surface area contributed by atoms with Gasteiger partial charge in [0.2, 0.25) is 10.0 Å². The number of benzene rings is 1. The third-order valence-corrected chi connectivity index (χ3v) is 5.89. The van der Waals surface area contributed by atoms with Crippen LogP contribution in [0.3, 0.4) is 0 Å². The van der Waals surface area contributed by atoms with Crippen LogP contribution >= 0.6 is 0 Å². The molecule has 2 atom stereocenters. The molecule has 0 aromatic heterocycles. The van der Waals surface area contributed by atoms with E-state index >= 15 is 0 Å². The molecule has 0 aliphatic heterocycles. The Bertz CT molecular complexity index is 536. The molecule has 4 nitrogen and oxygen atoms in total. The van der Waals surface area contributed by atoms with Crippen LogP contribution in [0.1, 0.15) is 50.5 Å². The number of nitrogens with one attached hydrogen (secondary N) is 1. The Kier molecular flexibility index (Phi) is 6.41. The highest BCUT2D eigenvalue weighted by atomic mass is 32.2. The van der Waals surface area contributed by atoms with Crippen LogP contribution in [0.25, 0.3) is 0 Å². The summed E-state index contributed by atoms with van der Waals surface area (Å²) in [7, 11) is -3.24. The molecule has 0 saturated heterocycles. The maximum atomic E-state index is 12.2. The molecule has 22 heavy (non-hydrogen) atoms. The first kappa shape index (κ1) is 17.4. The van der Waals surface area contributed by atoms with Crippen molar-refractivity contribution in [1.82, 2.24) is 4.72 Å². The van der Waals surface area contributed by atoms with Gasteiger partial charge in [0.15, 0.2) is 0 Å². The average Bonchev–Trinajstić information content (AvgIpc) is 2.96. The molecule has 124 valence electrons. The lowest BCUT2D eigenvalue weighted by atomic mass is 9.94. The fourth-order valence-corrected chi connectivity index (χ4v) is 4.77. The molecular formula is C17H27NO3S. The van der Waals surface area contributed by atoms with Crippen molar-refractivity contribution in [3.63, 3.8) is 0 Å². The van der Waals surface area contributed by atoms with Gasteiger partial charge in [-0.1, -0.05) is 43.2 Å². The first-order valence-electron chi connectivity index (χ1n) is 8.16. The van der Waals surface area contributed by atoms with E-state index in [2.05, 4.69) is 4.72 Å². The second kappa shape index (κ2) is 8.09. The minimum atomic E-state index is -3.24. The predicted octanol–water partition coefficient (Wildman–Crippen LogP) is 2.65. The largest absolute Gasteiger partial charge is 0.393 e. The summed E-state index contributed by atoms with van der Waals surface area (Å²) in [4.78, 5) is 0. The summed E-state index contributed by atoms with van der Waals surface area (Å²) in [6, 6.07) is 9.79. The van der Waals surface area contributed by atoms with Crippen molar-refractivity contribution in [3.05, 3.63) is 35.9 Å². The standard InChI is InChI=1S/C17H27NO3S/c1-14(19)11-17(16-9-3-2-4-10-16)12-18-22(20,21)13-15-7-5-6-8-15/h2-4,9-10,14-15,17-19H,5-8,11-13H2,1H3. The van der Waals surface area contributed by atoms with Crippen molar-refractivity contribution < 1.29 is 13.5 Å². The van der Waals surface area contributed by atoms with Crippen LogP contribution in [0.4, 0.5) is 0 Å². The lowest BCUT2D eigenvalue weighted by Gasteiger charge is -2.20. The fraction of sp³-hybridized carbons (Fsp3) is 0.647. The second-order valence-corrected chi connectivity index (χ2v) is 8.32. The predicted molar refractivity (Wildman–Crippen MR) is 89.2 cm³/mol. The van der Waals surface area contributed by atoms with E-state index in [0.29, 0.717) is 18.9 Å². The van der Waals surface area contributed by atoms with E-state index in [1.807, 2.05) is 30.3 Å². The molecule has 1 aliphatic rings. The van der Waals surface area contributed by atoms with Gasteiger partial charge in [-0.25, -0.2) is 13.1 Å². The van der Waals surface area contributed by atoms with Crippen LogP contribution < -0.4 is 4.72 Å². The number of hydrogen-bond donors (Lipinski definition) is 2. The Morgan fingerprint density at radius 3 is 2.45 bits per heavy atom. The summed E-state index contributed by atoms with van der Waals surface area (Å²) in [6.45, 7) is 2.09. The fourth-order valence-electron chi connectivity index (χ4n) is 3.25. The maximum Gasteiger partial charge on any atom is 0.211 e. The third kappa shape index (κ3) is 5.71. The van der Waals surface area contributed by atoms with Gasteiger partial charge in [0.05, 0.1) is 11.9 Å². The molecule has 0 amide bonds. The molecule has 2 N–H and O–H groups in total. The van der Waals surface area contributed by atoms with Crippen molar-refractivity contribution in [3.8, 4) is 0 Å². The average molecular weight is 325 g/mol. The van der Waals surface area contributed by atoms with Gasteiger partial charge in [0, 0.05) is 6.54 Å². The molecule has 1 saturated carbocycles. The zero-order chi connectivity index (χ0) is 16.0. The smallest absolute Gasteiger partial charge is 0.211 e. The summed E-state index contributed by atoms with van der Waals surface area (Å²) in [5.74, 6) is 0.549. The third-order valence-electron chi connectivity index (χ3n) is 4.38. The minimum absolute atomic E-state index is 0.000414. The van der Waals surface area contributed by atoms with E-state index in [1.165, 1.54) is 0 Å². The van der Waals surface area contributed by atoms with E-state index in [0.717, 1.165) is 31.2 Å². The monoisotopic (exact) mass is 325 g/mol. The molecule has 0 radical (unpaired) electrons. The van der Waals surface area contributed by atoms with E-state index in [4.69, 9.17) is 0 Å². The molecule has 2 unspecified atom stereocenters. The minimum Gasteiger partial charge on any atom is -0.393 e. The van der Waals surface area contributed by atoms with E-state index in [1.54, 1.807) is 6.92 Å². The first-order valence-corrected chi connectivity index (χ1v) is 9.82. The second-order valence-electron chi connectivity index (χ2n) is 6.47. The highest BCUT2D eigenvalue weighted by molar-refractivity contribution is 7.89. The molecule has 2 rings (SSSR count). The first-order chi connectivity index (χ1) is 10.5. The Morgan fingerprint density at radius 1 is 1.23 bits per heavy atom. The summed E-state index contributed by atoms with van der Waals surface area (Å²) in [5.41, 5.74) is 1.06. The van der Waals surface area contributed by atoms with Crippen molar-refractivity contribution in [2.75, 3.05) is 12.3 Å². The van der Waals surface area contributed by atoms with Gasteiger partial charge in [-0.15, -0.1) is 0 Å². The molecule has 1 aliphatic carbocycles. The Morgan fingerprint density at radius 2 is 1.86 bits per heavy atom. The molecule has 1 aromatic carbocycles. The quantitative estimate of drug-likeness (QED) is 0.772. The molecule has 5 heteroatoms. The number of aliphatic hydroxyl groups excluding tert-OH is 1. The molecule has 0 heterocycles. The molecule has 1 fully saturated rings. The van der Waals surface area contributed by atoms with E-state index in [-0.39, 0.29) is 11.7 Å². The van der Waals surface area contributed by atoms with Gasteiger partial charge in [-0.3, -0.25) is 0 Å². The highest BCUT2D eigenvalue weighted by Gasteiger charge is 2.24. The number of sulfonamides is 1. The number of rotatable bonds is 8. The zero-order valence-corrected chi connectivity index (χ0v) is 14.1. The summed E-state index contributed by atoms with van der Waals surface area (Å²) >= 11 is 0. The van der Waals surface area contributed by atoms with Crippen LogP contribution in [-0.2, 0) is 10.0 Å². The normalized spacial score (nSPS) is 19.2. The van der Waals surface area contributed by atoms with Gasteiger partial charge in [0.25, 0.3) is 0 Å². The highest BCUT2D eigenvalue weighted by Crippen LogP contribution is 2.26. The summed E-state index contributed by atoms with van der Waals surface area (Å²) in [6.07, 6.45) is 4.44. The topological polar surface area (TPSA) is 66.4 Å². The lowest BCUT2D eigenvalue weighted by Crippen LogP contribution is -2.33.